The molecule has 2 unspecified atom stereocenters. The lowest BCUT2D eigenvalue weighted by Crippen LogP contribution is -2.59. The number of nitrogens with zero attached hydrogens (tertiary/aromatic N) is 1. The Morgan fingerprint density at radius 3 is 2.27 bits per heavy atom. The average Bonchev–Trinajstić information content (AvgIpc) is 2.43. The molecule has 1 aliphatic carbocycles. The molecule has 2 atom stereocenters. The molecule has 22 heavy (non-hydrogen) atoms. The van der Waals surface area contributed by atoms with Crippen LogP contribution in [0.15, 0.2) is 0 Å². The number of carbonyl (C=O) groups is 1. The summed E-state index contributed by atoms with van der Waals surface area (Å²) in [6.45, 7) is 12.2. The third kappa shape index (κ3) is 5.27. The van der Waals surface area contributed by atoms with Crippen molar-refractivity contribution >= 4 is 14.2 Å². The molecule has 0 bridgehead atoms. The van der Waals surface area contributed by atoms with Gasteiger partial charge >= 0.3 is 6.09 Å². The summed E-state index contributed by atoms with van der Waals surface area (Å²) in [5.41, 5.74) is 6.91. The first-order valence-corrected chi connectivity index (χ1v) is 12.4. The molecule has 1 saturated carbocycles. The van der Waals surface area contributed by atoms with E-state index in [0.717, 1.165) is 6.42 Å². The Kier molecular flexibility index (Phi) is 6.93. The fourth-order valence-electron chi connectivity index (χ4n) is 3.84. The molecule has 0 aliphatic heterocycles. The van der Waals surface area contributed by atoms with E-state index in [2.05, 4.69) is 26.6 Å². The second kappa shape index (κ2) is 7.82. The van der Waals surface area contributed by atoms with Crippen molar-refractivity contribution in [1.82, 2.24) is 4.90 Å². The molecule has 1 amide bonds. The number of hydrogen-bond acceptors (Lipinski definition) is 2. The summed E-state index contributed by atoms with van der Waals surface area (Å²) in [7, 11) is -1.44. The van der Waals surface area contributed by atoms with Crippen molar-refractivity contribution in [3.63, 3.8) is 0 Å². The highest BCUT2D eigenvalue weighted by atomic mass is 28.3. The topological polar surface area (TPSA) is 66.6 Å². The minimum atomic E-state index is -1.44. The average molecular weight is 329 g/mol. The fourth-order valence-corrected chi connectivity index (χ4v) is 5.77. The second-order valence-corrected chi connectivity index (χ2v) is 13.9. The molecule has 5 heteroatoms. The van der Waals surface area contributed by atoms with Crippen LogP contribution in [0, 0.1) is 5.92 Å². The molecule has 1 aliphatic rings. The Hall–Kier alpha value is -0.553. The van der Waals surface area contributed by atoms with Crippen LogP contribution in [-0.4, -0.2) is 42.8 Å². The van der Waals surface area contributed by atoms with Crippen molar-refractivity contribution in [2.24, 2.45) is 11.7 Å². The SMILES string of the molecule is CCN(CC(N)(CC1CCCCC1)C(C)[Si](C)(C)C)C(=O)O. The van der Waals surface area contributed by atoms with Crippen LogP contribution in [-0.2, 0) is 0 Å². The van der Waals surface area contributed by atoms with Crippen LogP contribution in [0.3, 0.4) is 0 Å². The number of amides is 1. The van der Waals surface area contributed by atoms with Crippen molar-refractivity contribution in [2.45, 2.75) is 83.1 Å². The molecular formula is C17H36N2O2Si. The van der Waals surface area contributed by atoms with Gasteiger partial charge in [-0.3, -0.25) is 0 Å². The number of likely N-dealkylation sites (N-methyl/N-ethyl adjacent to an activating group) is 1. The molecule has 1 rings (SSSR count). The van der Waals surface area contributed by atoms with E-state index < -0.39 is 14.2 Å². The summed E-state index contributed by atoms with van der Waals surface area (Å²) in [5.74, 6) is 0.671. The summed E-state index contributed by atoms with van der Waals surface area (Å²) in [6.07, 6.45) is 6.60. The van der Waals surface area contributed by atoms with E-state index in [1.807, 2.05) is 6.92 Å². The van der Waals surface area contributed by atoms with E-state index >= 15 is 0 Å². The third-order valence-electron chi connectivity index (χ3n) is 5.69. The minimum Gasteiger partial charge on any atom is -0.465 e. The predicted octanol–water partition coefficient (Wildman–Crippen LogP) is 4.38. The predicted molar refractivity (Wildman–Crippen MR) is 96.2 cm³/mol. The first-order chi connectivity index (χ1) is 10.1. The van der Waals surface area contributed by atoms with Gasteiger partial charge in [0.25, 0.3) is 0 Å². The summed E-state index contributed by atoms with van der Waals surface area (Å²) in [6, 6.07) is 0. The highest BCUT2D eigenvalue weighted by Gasteiger charge is 2.42. The van der Waals surface area contributed by atoms with E-state index in [4.69, 9.17) is 5.73 Å². The zero-order chi connectivity index (χ0) is 17.0. The minimum absolute atomic E-state index is 0.388. The van der Waals surface area contributed by atoms with Gasteiger partial charge in [0.2, 0.25) is 0 Å². The monoisotopic (exact) mass is 328 g/mol. The van der Waals surface area contributed by atoms with E-state index in [-0.39, 0.29) is 5.54 Å². The largest absolute Gasteiger partial charge is 0.465 e. The normalized spacial score (nSPS) is 21.2. The summed E-state index contributed by atoms with van der Waals surface area (Å²) < 4.78 is 0. The van der Waals surface area contributed by atoms with Crippen LogP contribution in [0.5, 0.6) is 0 Å². The van der Waals surface area contributed by atoms with Crippen LogP contribution >= 0.6 is 0 Å². The Morgan fingerprint density at radius 1 is 1.32 bits per heavy atom. The maximum Gasteiger partial charge on any atom is 0.407 e. The van der Waals surface area contributed by atoms with Crippen molar-refractivity contribution in [3.05, 3.63) is 0 Å². The molecule has 0 aromatic carbocycles. The van der Waals surface area contributed by atoms with Crippen molar-refractivity contribution in [3.8, 4) is 0 Å². The Balaban J connectivity index is 2.94. The van der Waals surface area contributed by atoms with E-state index in [1.165, 1.54) is 37.0 Å². The van der Waals surface area contributed by atoms with Gasteiger partial charge in [0.15, 0.2) is 0 Å². The van der Waals surface area contributed by atoms with Gasteiger partial charge in [0.1, 0.15) is 0 Å². The molecule has 0 heterocycles. The lowest BCUT2D eigenvalue weighted by atomic mass is 9.78. The third-order valence-corrected chi connectivity index (χ3v) is 8.87. The molecule has 0 radical (unpaired) electrons. The molecule has 4 nitrogen and oxygen atoms in total. The number of nitrogens with two attached hydrogens (primary N) is 1. The number of hydrogen-bond donors (Lipinski definition) is 2. The van der Waals surface area contributed by atoms with Crippen LogP contribution in [0.1, 0.15) is 52.4 Å². The van der Waals surface area contributed by atoms with E-state index in [1.54, 1.807) is 0 Å². The van der Waals surface area contributed by atoms with Gasteiger partial charge in [-0.2, -0.15) is 0 Å². The lowest BCUT2D eigenvalue weighted by molar-refractivity contribution is 0.124. The molecule has 0 aromatic rings. The van der Waals surface area contributed by atoms with Crippen LogP contribution in [0.25, 0.3) is 0 Å². The Morgan fingerprint density at radius 2 is 1.86 bits per heavy atom. The van der Waals surface area contributed by atoms with Crippen LogP contribution < -0.4 is 5.73 Å². The number of carboxylic acid groups (broad SMARTS) is 1. The van der Waals surface area contributed by atoms with Crippen LogP contribution in [0.2, 0.25) is 25.2 Å². The maximum atomic E-state index is 11.5. The molecular weight excluding hydrogens is 292 g/mol. The molecule has 1 fully saturated rings. The summed E-state index contributed by atoms with van der Waals surface area (Å²) in [5, 5.41) is 9.41. The van der Waals surface area contributed by atoms with Gasteiger partial charge in [-0.15, -0.1) is 0 Å². The van der Waals surface area contributed by atoms with Gasteiger partial charge in [0, 0.05) is 26.7 Å². The zero-order valence-corrected chi connectivity index (χ0v) is 16.2. The second-order valence-electron chi connectivity index (χ2n) is 8.33. The first kappa shape index (κ1) is 19.5. The maximum absolute atomic E-state index is 11.5. The Bertz CT molecular complexity index is 364. The lowest BCUT2D eigenvalue weighted by Gasteiger charge is -2.46. The van der Waals surface area contributed by atoms with Crippen LogP contribution in [0.4, 0.5) is 4.79 Å². The van der Waals surface area contributed by atoms with Gasteiger partial charge < -0.3 is 15.7 Å². The number of rotatable bonds is 7. The highest BCUT2D eigenvalue weighted by Crippen LogP contribution is 2.39. The zero-order valence-electron chi connectivity index (χ0n) is 15.2. The molecule has 0 saturated heterocycles. The molecule has 0 aromatic heterocycles. The van der Waals surface area contributed by atoms with Gasteiger partial charge in [0.05, 0.1) is 0 Å². The first-order valence-electron chi connectivity index (χ1n) is 8.87. The van der Waals surface area contributed by atoms with E-state index in [9.17, 15) is 9.90 Å². The van der Waals surface area contributed by atoms with Crippen molar-refractivity contribution in [2.75, 3.05) is 13.1 Å². The Labute approximate surface area is 137 Å². The highest BCUT2D eigenvalue weighted by molar-refractivity contribution is 6.77. The molecule has 0 spiro atoms. The molecule has 3 N–H and O–H groups in total. The van der Waals surface area contributed by atoms with Gasteiger partial charge in [-0.25, -0.2) is 4.79 Å². The summed E-state index contributed by atoms with van der Waals surface area (Å²) in [4.78, 5) is 13.0. The molecule has 130 valence electrons. The van der Waals surface area contributed by atoms with Crippen molar-refractivity contribution in [1.29, 1.82) is 0 Å². The summed E-state index contributed by atoms with van der Waals surface area (Å²) >= 11 is 0. The van der Waals surface area contributed by atoms with Crippen molar-refractivity contribution < 1.29 is 9.90 Å². The van der Waals surface area contributed by atoms with Gasteiger partial charge in [-0.05, 0) is 24.8 Å². The standard InChI is InChI=1S/C17H36N2O2Si/c1-6-19(16(20)21)13-17(18,14(2)22(3,4)5)12-15-10-8-7-9-11-15/h14-15H,6-13,18H2,1-5H3,(H,20,21). The quantitative estimate of drug-likeness (QED) is 0.681. The van der Waals surface area contributed by atoms with Gasteiger partial charge in [-0.1, -0.05) is 58.7 Å². The smallest absolute Gasteiger partial charge is 0.407 e. The fraction of sp³-hybridized carbons (Fsp3) is 0.941. The van der Waals surface area contributed by atoms with E-state index in [0.29, 0.717) is 24.5 Å².